The number of nitrogen functional groups attached to an aromatic ring is 1. The van der Waals surface area contributed by atoms with Gasteiger partial charge in [0.1, 0.15) is 16.1 Å². The highest BCUT2D eigenvalue weighted by Crippen LogP contribution is 2.45. The van der Waals surface area contributed by atoms with Crippen LogP contribution in [-0.4, -0.2) is 37.0 Å². The van der Waals surface area contributed by atoms with Gasteiger partial charge in [-0.2, -0.15) is 0 Å². The molecular weight excluding hydrogens is 508 g/mol. The molecule has 0 saturated heterocycles. The number of unbranched alkanes of at least 4 members (excludes halogenated alkanes) is 2. The second-order valence-electron chi connectivity index (χ2n) is 11.3. The van der Waals surface area contributed by atoms with Gasteiger partial charge in [0.05, 0.1) is 5.52 Å². The van der Waals surface area contributed by atoms with Gasteiger partial charge in [-0.05, 0) is 75.0 Å². The molecule has 2 heterocycles. The van der Waals surface area contributed by atoms with Crippen LogP contribution in [0.1, 0.15) is 86.5 Å². The molecule has 0 spiro atoms. The fourth-order valence-electron chi connectivity index (χ4n) is 6.54. The summed E-state index contributed by atoms with van der Waals surface area (Å²) < 4.78 is 27.7. The van der Waals surface area contributed by atoms with Gasteiger partial charge in [0, 0.05) is 44.0 Å². The van der Waals surface area contributed by atoms with Crippen molar-refractivity contribution in [2.75, 3.05) is 24.7 Å². The predicted octanol–water partition coefficient (Wildman–Crippen LogP) is 5.07. The van der Waals surface area contributed by atoms with E-state index in [0.29, 0.717) is 18.7 Å². The number of sulfonamides is 1. The van der Waals surface area contributed by atoms with Gasteiger partial charge in [0.2, 0.25) is 10.0 Å². The quantitative estimate of drug-likeness (QED) is 0.340. The Morgan fingerprint density at radius 3 is 2.64 bits per heavy atom. The first kappa shape index (κ1) is 27.6. The fourth-order valence-corrected chi connectivity index (χ4v) is 7.78. The van der Waals surface area contributed by atoms with Crippen LogP contribution in [0.2, 0.25) is 0 Å². The highest BCUT2D eigenvalue weighted by molar-refractivity contribution is 7.90. The van der Waals surface area contributed by atoms with E-state index in [4.69, 9.17) is 20.8 Å². The van der Waals surface area contributed by atoms with Crippen molar-refractivity contribution < 1.29 is 8.42 Å². The van der Waals surface area contributed by atoms with Gasteiger partial charge in [0.15, 0.2) is 5.82 Å². The van der Waals surface area contributed by atoms with Crippen molar-refractivity contribution in [3.05, 3.63) is 52.5 Å². The van der Waals surface area contributed by atoms with Gasteiger partial charge >= 0.3 is 0 Å². The number of primary sulfonamides is 1. The van der Waals surface area contributed by atoms with Crippen molar-refractivity contribution in [2.24, 2.45) is 5.14 Å². The summed E-state index contributed by atoms with van der Waals surface area (Å²) in [5.41, 5.74) is 13.5. The number of nitrogens with two attached hydrogens (primary N) is 2. The van der Waals surface area contributed by atoms with Gasteiger partial charge in [-0.15, -0.1) is 0 Å². The van der Waals surface area contributed by atoms with Crippen LogP contribution in [0.25, 0.3) is 17.1 Å². The third kappa shape index (κ3) is 4.95. The van der Waals surface area contributed by atoms with Gasteiger partial charge in [-0.3, -0.25) is 0 Å². The molecule has 210 valence electrons. The molecule has 2 aliphatic rings. The average molecular weight is 551 g/mol. The largest absolute Gasteiger partial charge is 0.382 e. The number of hydrogen-bond donors (Lipinski definition) is 2. The maximum atomic E-state index is 13.2. The summed E-state index contributed by atoms with van der Waals surface area (Å²) in [6, 6.07) is 5.89. The second kappa shape index (κ2) is 10.9. The summed E-state index contributed by atoms with van der Waals surface area (Å²) in [5, 5.41) is 6.00. The Balaban J connectivity index is 1.45. The van der Waals surface area contributed by atoms with Crippen molar-refractivity contribution >= 4 is 38.6 Å². The standard InChI is InChI=1S/C30H42N6O2S/c1-4-5-17-26-34-27-28(22-12-6-7-15-24(22)33-29(27)31)36(26)20-9-8-18-30(39(32,37)38)19-11-13-21-23(30)14-10-16-25(21)35(2)3/h10-11,13-14,16H,4-9,12,15,17-20H2,1-3H3,(H2,31,33)(H2,32,37,38). The molecule has 3 aromatic rings. The Hall–Kier alpha value is -2.91. The van der Waals surface area contributed by atoms with Crippen molar-refractivity contribution in [1.82, 2.24) is 14.5 Å². The van der Waals surface area contributed by atoms with Crippen LogP contribution in [0.15, 0.2) is 24.3 Å². The topological polar surface area (TPSA) is 120 Å². The Morgan fingerprint density at radius 2 is 1.90 bits per heavy atom. The number of anilines is 2. The molecule has 0 bridgehead atoms. The number of rotatable bonds is 10. The molecule has 0 aliphatic heterocycles. The molecule has 1 aromatic carbocycles. The fraction of sp³-hybridized carbons (Fsp3) is 0.533. The van der Waals surface area contributed by atoms with E-state index in [0.717, 1.165) is 104 Å². The molecule has 9 heteroatoms. The predicted molar refractivity (Wildman–Crippen MR) is 160 cm³/mol. The Labute approximate surface area is 232 Å². The number of allylic oxidation sites excluding steroid dienone is 1. The molecule has 0 amide bonds. The smallest absolute Gasteiger partial charge is 0.219 e. The van der Waals surface area contributed by atoms with Gasteiger partial charge in [0.25, 0.3) is 0 Å². The lowest BCUT2D eigenvalue weighted by Crippen LogP contribution is -2.42. The highest BCUT2D eigenvalue weighted by Gasteiger charge is 2.45. The first-order valence-electron chi connectivity index (χ1n) is 14.3. The lowest BCUT2D eigenvalue weighted by molar-refractivity contribution is 0.459. The first-order chi connectivity index (χ1) is 18.7. The monoisotopic (exact) mass is 550 g/mol. The number of hydrogen-bond acceptors (Lipinski definition) is 6. The zero-order valence-corrected chi connectivity index (χ0v) is 24.4. The van der Waals surface area contributed by atoms with Crippen LogP contribution in [-0.2, 0) is 40.6 Å². The Morgan fingerprint density at radius 1 is 1.10 bits per heavy atom. The van der Waals surface area contributed by atoms with Gasteiger partial charge < -0.3 is 15.2 Å². The van der Waals surface area contributed by atoms with Crippen LogP contribution in [0.3, 0.4) is 0 Å². The number of aryl methyl sites for hydroxylation is 4. The van der Waals surface area contributed by atoms with E-state index in [1.807, 2.05) is 49.3 Å². The third-order valence-corrected chi connectivity index (χ3v) is 10.2. The first-order valence-corrected chi connectivity index (χ1v) is 15.9. The van der Waals surface area contributed by atoms with E-state index in [-0.39, 0.29) is 0 Å². The zero-order chi connectivity index (χ0) is 27.8. The van der Waals surface area contributed by atoms with E-state index < -0.39 is 14.8 Å². The van der Waals surface area contributed by atoms with Crippen LogP contribution < -0.4 is 15.8 Å². The Kier molecular flexibility index (Phi) is 7.75. The second-order valence-corrected chi connectivity index (χ2v) is 13.2. The molecule has 39 heavy (non-hydrogen) atoms. The molecule has 2 aliphatic carbocycles. The highest BCUT2D eigenvalue weighted by atomic mass is 32.2. The van der Waals surface area contributed by atoms with Crippen molar-refractivity contribution in [2.45, 2.75) is 88.8 Å². The molecule has 0 fully saturated rings. The van der Waals surface area contributed by atoms with E-state index >= 15 is 0 Å². The Bertz CT molecular complexity index is 1510. The molecule has 1 atom stereocenters. The minimum Gasteiger partial charge on any atom is -0.382 e. The molecule has 5 rings (SSSR count). The molecular formula is C30H42N6O2S. The summed E-state index contributed by atoms with van der Waals surface area (Å²) in [6.45, 7) is 2.96. The van der Waals surface area contributed by atoms with Crippen LogP contribution >= 0.6 is 0 Å². The summed E-state index contributed by atoms with van der Waals surface area (Å²) in [5.74, 6) is 1.58. The SMILES string of the molecule is CCCCc1nc2c(N)nc3c(c2n1CCCCC1(S(N)(=O)=O)CC=Cc2c(N(C)C)cccc21)CCCC3. The molecule has 0 saturated carbocycles. The maximum Gasteiger partial charge on any atom is 0.219 e. The van der Waals surface area contributed by atoms with E-state index in [1.54, 1.807) is 0 Å². The van der Waals surface area contributed by atoms with Crippen molar-refractivity contribution in [3.8, 4) is 0 Å². The van der Waals surface area contributed by atoms with Crippen LogP contribution in [0.4, 0.5) is 11.5 Å². The lowest BCUT2D eigenvalue weighted by Gasteiger charge is -2.36. The molecule has 1 unspecified atom stereocenters. The number of pyridine rings is 1. The molecule has 4 N–H and O–H groups in total. The normalized spacial score (nSPS) is 18.8. The summed E-state index contributed by atoms with van der Waals surface area (Å²) >= 11 is 0. The lowest BCUT2D eigenvalue weighted by atomic mass is 9.82. The summed E-state index contributed by atoms with van der Waals surface area (Å²) in [7, 11) is 0.0870. The summed E-state index contributed by atoms with van der Waals surface area (Å²) in [6.07, 6.45) is 13.7. The van der Waals surface area contributed by atoms with Crippen molar-refractivity contribution in [1.29, 1.82) is 0 Å². The van der Waals surface area contributed by atoms with Crippen LogP contribution in [0.5, 0.6) is 0 Å². The van der Waals surface area contributed by atoms with E-state index in [9.17, 15) is 8.42 Å². The van der Waals surface area contributed by atoms with Crippen molar-refractivity contribution in [3.63, 3.8) is 0 Å². The minimum absolute atomic E-state index is 0.390. The number of imidazole rings is 1. The molecule has 0 radical (unpaired) electrons. The molecule has 8 nitrogen and oxygen atoms in total. The minimum atomic E-state index is -3.86. The average Bonchev–Trinajstić information content (AvgIpc) is 3.28. The third-order valence-electron chi connectivity index (χ3n) is 8.57. The van der Waals surface area contributed by atoms with Crippen LogP contribution in [0, 0.1) is 0 Å². The number of nitrogens with zero attached hydrogens (tertiary/aromatic N) is 4. The summed E-state index contributed by atoms with van der Waals surface area (Å²) in [4.78, 5) is 11.7. The maximum absolute atomic E-state index is 13.2. The number of benzene rings is 1. The number of aromatic nitrogens is 3. The zero-order valence-electron chi connectivity index (χ0n) is 23.5. The number of fused-ring (bicyclic) bond motifs is 4. The van der Waals surface area contributed by atoms with Gasteiger partial charge in [-0.1, -0.05) is 37.6 Å². The van der Waals surface area contributed by atoms with Gasteiger partial charge in [-0.25, -0.2) is 23.5 Å². The van der Waals surface area contributed by atoms with E-state index in [2.05, 4.69) is 11.5 Å². The molecule has 2 aromatic heterocycles. The van der Waals surface area contributed by atoms with E-state index in [1.165, 1.54) is 5.56 Å².